The highest BCUT2D eigenvalue weighted by atomic mass is 32.2. The highest BCUT2D eigenvalue weighted by Crippen LogP contribution is 2.42. The van der Waals surface area contributed by atoms with Gasteiger partial charge in [-0.1, -0.05) is 32.0 Å². The van der Waals surface area contributed by atoms with E-state index in [9.17, 15) is 0 Å². The molecule has 0 N–H and O–H groups in total. The predicted octanol–water partition coefficient (Wildman–Crippen LogP) is 4.58. The topological polar surface area (TPSA) is 41.5 Å². The zero-order chi connectivity index (χ0) is 19.7. The summed E-state index contributed by atoms with van der Waals surface area (Å²) in [4.78, 5) is 17.6. The minimum absolute atomic E-state index is 0.117. The molecular formula is C21H32N4OS2. The molecule has 0 aliphatic carbocycles. The third-order valence-electron chi connectivity index (χ3n) is 5.74. The van der Waals surface area contributed by atoms with Crippen LogP contribution in [-0.2, 0) is 17.8 Å². The number of piperazine rings is 1. The van der Waals surface area contributed by atoms with Crippen molar-refractivity contribution in [3.63, 3.8) is 0 Å². The molecule has 0 spiro atoms. The van der Waals surface area contributed by atoms with E-state index in [2.05, 4.69) is 37.5 Å². The molecule has 0 atom stereocenters. The number of thioether (sulfide) groups is 1. The molecule has 28 heavy (non-hydrogen) atoms. The number of rotatable bonds is 6. The average molecular weight is 421 g/mol. The second-order valence-electron chi connectivity index (χ2n) is 8.36. The molecule has 0 amide bonds. The maximum absolute atomic E-state index is 6.08. The summed E-state index contributed by atoms with van der Waals surface area (Å²) < 4.78 is 6.08. The van der Waals surface area contributed by atoms with Crippen LogP contribution in [0.4, 0.5) is 5.82 Å². The van der Waals surface area contributed by atoms with Crippen molar-refractivity contribution in [1.29, 1.82) is 0 Å². The summed E-state index contributed by atoms with van der Waals surface area (Å²) in [5, 5.41) is 2.23. The fourth-order valence-corrected chi connectivity index (χ4v) is 6.06. The lowest BCUT2D eigenvalue weighted by atomic mass is 9.94. The van der Waals surface area contributed by atoms with E-state index >= 15 is 0 Å². The quantitative estimate of drug-likeness (QED) is 0.387. The van der Waals surface area contributed by atoms with Gasteiger partial charge < -0.3 is 14.5 Å². The molecule has 2 aromatic rings. The van der Waals surface area contributed by atoms with Crippen LogP contribution in [0.2, 0.25) is 0 Å². The van der Waals surface area contributed by atoms with E-state index in [1.807, 2.05) is 11.3 Å². The van der Waals surface area contributed by atoms with Crippen molar-refractivity contribution in [2.45, 2.75) is 64.3 Å². The van der Waals surface area contributed by atoms with Crippen LogP contribution in [0.5, 0.6) is 0 Å². The van der Waals surface area contributed by atoms with E-state index in [-0.39, 0.29) is 5.60 Å². The van der Waals surface area contributed by atoms with Crippen LogP contribution in [0, 0.1) is 0 Å². The first kappa shape index (κ1) is 20.4. The summed E-state index contributed by atoms with van der Waals surface area (Å²) in [5.41, 5.74) is 1.31. The van der Waals surface area contributed by atoms with E-state index in [4.69, 9.17) is 14.7 Å². The van der Waals surface area contributed by atoms with Crippen LogP contribution in [-0.4, -0.2) is 58.9 Å². The molecular weight excluding hydrogens is 388 g/mol. The molecule has 5 nitrogen and oxygen atoms in total. The number of thiophene rings is 1. The Labute approximate surface area is 176 Å². The van der Waals surface area contributed by atoms with Gasteiger partial charge in [0.05, 0.1) is 17.6 Å². The van der Waals surface area contributed by atoms with E-state index in [1.54, 1.807) is 11.8 Å². The summed E-state index contributed by atoms with van der Waals surface area (Å²) in [6.07, 6.45) is 3.36. The van der Waals surface area contributed by atoms with Crippen LogP contribution in [0.15, 0.2) is 5.16 Å². The Bertz CT molecular complexity index is 827. The maximum atomic E-state index is 6.08. The first-order chi connectivity index (χ1) is 13.5. The molecule has 4 heterocycles. The van der Waals surface area contributed by atoms with Gasteiger partial charge >= 0.3 is 0 Å². The first-order valence-corrected chi connectivity index (χ1v) is 12.4. The number of ether oxygens (including phenoxy) is 1. The van der Waals surface area contributed by atoms with Gasteiger partial charge in [0.25, 0.3) is 0 Å². The first-order valence-electron chi connectivity index (χ1n) is 10.6. The van der Waals surface area contributed by atoms with Crippen molar-refractivity contribution >= 4 is 39.1 Å². The van der Waals surface area contributed by atoms with Crippen LogP contribution in [0.3, 0.4) is 0 Å². The molecule has 0 aromatic carbocycles. The second-order valence-corrected chi connectivity index (χ2v) is 10.5. The number of hydrogen-bond donors (Lipinski definition) is 0. The molecule has 0 unspecified atom stereocenters. The Morgan fingerprint density at radius 1 is 1.14 bits per heavy atom. The minimum Gasteiger partial charge on any atom is -0.370 e. The fraction of sp³-hybridized carbons (Fsp3) is 0.714. The highest BCUT2D eigenvalue weighted by molar-refractivity contribution is 7.99. The lowest BCUT2D eigenvalue weighted by molar-refractivity contribution is -0.0379. The molecule has 0 bridgehead atoms. The third kappa shape index (κ3) is 4.18. The molecule has 1 saturated heterocycles. The molecule has 4 rings (SSSR count). The predicted molar refractivity (Wildman–Crippen MR) is 120 cm³/mol. The Hall–Kier alpha value is -0.890. The highest BCUT2D eigenvalue weighted by Gasteiger charge is 2.32. The van der Waals surface area contributed by atoms with E-state index in [0.29, 0.717) is 6.61 Å². The molecule has 7 heteroatoms. The summed E-state index contributed by atoms with van der Waals surface area (Å²) >= 11 is 3.62. The van der Waals surface area contributed by atoms with Crippen molar-refractivity contribution in [3.05, 3.63) is 10.4 Å². The van der Waals surface area contributed by atoms with Gasteiger partial charge in [0, 0.05) is 43.2 Å². The van der Waals surface area contributed by atoms with Crippen LogP contribution >= 0.6 is 23.1 Å². The summed E-state index contributed by atoms with van der Waals surface area (Å²) in [5.74, 6) is 2.25. The molecule has 2 aliphatic heterocycles. The SMILES string of the molecule is CCCCSc1nc(N2CCN(CC)CC2)c2c3c(sc2n1)COC(C)(C)C3. The summed E-state index contributed by atoms with van der Waals surface area (Å²) in [6, 6.07) is 0. The van der Waals surface area contributed by atoms with Crippen molar-refractivity contribution < 1.29 is 4.74 Å². The number of anilines is 1. The third-order valence-corrected chi connectivity index (χ3v) is 7.77. The monoisotopic (exact) mass is 420 g/mol. The minimum atomic E-state index is -0.117. The van der Waals surface area contributed by atoms with Gasteiger partial charge in [-0.25, -0.2) is 9.97 Å². The van der Waals surface area contributed by atoms with E-state index < -0.39 is 0 Å². The van der Waals surface area contributed by atoms with Crippen molar-refractivity contribution in [3.8, 4) is 0 Å². The van der Waals surface area contributed by atoms with Crippen LogP contribution < -0.4 is 4.90 Å². The van der Waals surface area contributed by atoms with Crippen molar-refractivity contribution in [2.75, 3.05) is 43.4 Å². The van der Waals surface area contributed by atoms with Crippen LogP contribution in [0.25, 0.3) is 10.2 Å². The normalized spacial score (nSPS) is 19.9. The van der Waals surface area contributed by atoms with Gasteiger partial charge in [0.15, 0.2) is 5.16 Å². The Morgan fingerprint density at radius 3 is 2.64 bits per heavy atom. The molecule has 2 aromatic heterocycles. The van der Waals surface area contributed by atoms with Gasteiger partial charge in [0.1, 0.15) is 10.6 Å². The zero-order valence-electron chi connectivity index (χ0n) is 17.6. The van der Waals surface area contributed by atoms with Gasteiger partial charge in [-0.2, -0.15) is 0 Å². The number of hydrogen-bond acceptors (Lipinski definition) is 7. The Morgan fingerprint density at radius 2 is 1.93 bits per heavy atom. The molecule has 1 fully saturated rings. The molecule has 2 aliphatic rings. The Balaban J connectivity index is 1.74. The number of likely N-dealkylation sites (N-methyl/N-ethyl adjacent to an activating group) is 1. The van der Waals surface area contributed by atoms with E-state index in [0.717, 1.165) is 60.7 Å². The standard InChI is InChI=1S/C21H32N4OS2/c1-5-7-12-27-20-22-18(25-10-8-24(6-2)9-11-25)17-15-13-21(3,4)26-14-16(15)28-19(17)23-20/h5-14H2,1-4H3. The number of fused-ring (bicyclic) bond motifs is 3. The Kier molecular flexibility index (Phi) is 6.16. The lowest BCUT2D eigenvalue weighted by Crippen LogP contribution is -2.46. The van der Waals surface area contributed by atoms with E-state index in [1.165, 1.54) is 28.7 Å². The number of unbranched alkanes of at least 4 members (excludes halogenated alkanes) is 1. The van der Waals surface area contributed by atoms with Crippen molar-refractivity contribution in [1.82, 2.24) is 14.9 Å². The molecule has 154 valence electrons. The van der Waals surface area contributed by atoms with Gasteiger partial charge in [0.2, 0.25) is 0 Å². The number of aromatic nitrogens is 2. The molecule has 0 saturated carbocycles. The zero-order valence-corrected chi connectivity index (χ0v) is 19.2. The van der Waals surface area contributed by atoms with Crippen LogP contribution in [0.1, 0.15) is 51.0 Å². The van der Waals surface area contributed by atoms with Gasteiger partial charge in [-0.3, -0.25) is 0 Å². The van der Waals surface area contributed by atoms with Gasteiger partial charge in [-0.05, 0) is 32.4 Å². The maximum Gasteiger partial charge on any atom is 0.190 e. The van der Waals surface area contributed by atoms with Gasteiger partial charge in [-0.15, -0.1) is 11.3 Å². The smallest absolute Gasteiger partial charge is 0.190 e. The molecule has 0 radical (unpaired) electrons. The number of nitrogens with zero attached hydrogens (tertiary/aromatic N) is 4. The average Bonchev–Trinajstić information content (AvgIpc) is 3.04. The summed E-state index contributed by atoms with van der Waals surface area (Å²) in [6.45, 7) is 15.0. The van der Waals surface area contributed by atoms with Crippen molar-refractivity contribution in [2.24, 2.45) is 0 Å². The lowest BCUT2D eigenvalue weighted by Gasteiger charge is -2.35. The largest absolute Gasteiger partial charge is 0.370 e. The second kappa shape index (κ2) is 8.46. The summed E-state index contributed by atoms with van der Waals surface area (Å²) in [7, 11) is 0. The fourth-order valence-electron chi connectivity index (χ4n) is 3.98.